The van der Waals surface area contributed by atoms with E-state index in [9.17, 15) is 13.2 Å². The predicted molar refractivity (Wildman–Crippen MR) is 130 cm³/mol. The van der Waals surface area contributed by atoms with Crippen LogP contribution in [-0.2, 0) is 14.8 Å². The number of aromatic nitrogens is 1. The lowest BCUT2D eigenvalue weighted by molar-refractivity contribution is -0.117. The maximum atomic E-state index is 13.3. The van der Waals surface area contributed by atoms with Gasteiger partial charge in [-0.3, -0.25) is 9.69 Å². The van der Waals surface area contributed by atoms with Crippen LogP contribution in [0.4, 0.5) is 10.8 Å². The van der Waals surface area contributed by atoms with Crippen molar-refractivity contribution in [2.45, 2.75) is 0 Å². The van der Waals surface area contributed by atoms with Crippen LogP contribution in [0, 0.1) is 0 Å². The van der Waals surface area contributed by atoms with Gasteiger partial charge in [-0.2, -0.15) is 4.31 Å². The molecule has 0 saturated carbocycles. The molecule has 32 heavy (non-hydrogen) atoms. The van der Waals surface area contributed by atoms with E-state index in [-0.39, 0.29) is 6.54 Å². The number of hydrogen-bond acceptors (Lipinski definition) is 5. The average molecular weight is 464 g/mol. The lowest BCUT2D eigenvalue weighted by Crippen LogP contribution is -2.38. The minimum Gasteiger partial charge on any atom is -0.272 e. The summed E-state index contributed by atoms with van der Waals surface area (Å²) in [5.41, 5.74) is 2.17. The molecule has 1 amide bonds. The van der Waals surface area contributed by atoms with E-state index in [1.807, 2.05) is 60.7 Å². The third-order valence-electron chi connectivity index (χ3n) is 4.76. The minimum atomic E-state index is -3.79. The van der Waals surface area contributed by atoms with E-state index in [1.54, 1.807) is 24.3 Å². The molecule has 0 radical (unpaired) electrons. The molecule has 0 atom stereocenters. The van der Waals surface area contributed by atoms with Gasteiger partial charge in [0.1, 0.15) is 0 Å². The van der Waals surface area contributed by atoms with Crippen molar-refractivity contribution >= 4 is 54.4 Å². The van der Waals surface area contributed by atoms with Crippen molar-refractivity contribution in [3.63, 3.8) is 0 Å². The number of likely N-dealkylation sites (N-methyl/N-ethyl adjacent to an activating group) is 1. The number of hydrogen-bond donors (Lipinski definition) is 0. The van der Waals surface area contributed by atoms with Gasteiger partial charge in [-0.05, 0) is 35.9 Å². The summed E-state index contributed by atoms with van der Waals surface area (Å²) >= 11 is 1.38. The zero-order valence-electron chi connectivity index (χ0n) is 17.3. The standard InChI is InChI=1S/C24H21N3O3S2/c1-26(32(29,30)17-16-19-10-4-2-5-11-19)18-23(28)27(20-12-6-3-7-13-20)24-25-21-14-8-9-15-22(21)31-24/h2-17H,18H2,1H3/b17-16+. The van der Waals surface area contributed by atoms with Gasteiger partial charge in [0.15, 0.2) is 5.13 Å². The molecule has 0 saturated heterocycles. The Bertz CT molecular complexity index is 1320. The number of thiazole rings is 1. The van der Waals surface area contributed by atoms with Crippen molar-refractivity contribution in [3.8, 4) is 0 Å². The summed E-state index contributed by atoms with van der Waals surface area (Å²) in [4.78, 5) is 19.4. The van der Waals surface area contributed by atoms with Crippen LogP contribution in [0.2, 0.25) is 0 Å². The number of anilines is 2. The first-order valence-corrected chi connectivity index (χ1v) is 12.2. The Hall–Kier alpha value is -3.33. The van der Waals surface area contributed by atoms with Crippen molar-refractivity contribution in [1.29, 1.82) is 0 Å². The summed E-state index contributed by atoms with van der Waals surface area (Å²) in [5.74, 6) is -0.394. The normalized spacial score (nSPS) is 11.9. The van der Waals surface area contributed by atoms with Crippen LogP contribution in [0.1, 0.15) is 5.56 Å². The molecule has 0 spiro atoms. The molecule has 1 aromatic heterocycles. The van der Waals surface area contributed by atoms with Crippen LogP contribution < -0.4 is 4.90 Å². The van der Waals surface area contributed by atoms with E-state index < -0.39 is 15.9 Å². The molecule has 0 aliphatic heterocycles. The second kappa shape index (κ2) is 9.44. The second-order valence-electron chi connectivity index (χ2n) is 7.04. The van der Waals surface area contributed by atoms with Gasteiger partial charge in [0.25, 0.3) is 0 Å². The fraction of sp³-hybridized carbons (Fsp3) is 0.0833. The first-order valence-electron chi connectivity index (χ1n) is 9.87. The largest absolute Gasteiger partial charge is 0.272 e. The van der Waals surface area contributed by atoms with Gasteiger partial charge < -0.3 is 0 Å². The van der Waals surface area contributed by atoms with E-state index in [4.69, 9.17) is 0 Å². The zero-order chi connectivity index (χ0) is 22.6. The van der Waals surface area contributed by atoms with E-state index in [2.05, 4.69) is 4.98 Å². The smallest absolute Gasteiger partial charge is 0.248 e. The lowest BCUT2D eigenvalue weighted by Gasteiger charge is -2.22. The Morgan fingerprint density at radius 2 is 1.56 bits per heavy atom. The fourth-order valence-electron chi connectivity index (χ4n) is 3.08. The highest BCUT2D eigenvalue weighted by molar-refractivity contribution is 7.92. The topological polar surface area (TPSA) is 70.6 Å². The van der Waals surface area contributed by atoms with Crippen LogP contribution in [0.3, 0.4) is 0 Å². The highest BCUT2D eigenvalue weighted by atomic mass is 32.2. The highest BCUT2D eigenvalue weighted by Crippen LogP contribution is 2.33. The van der Waals surface area contributed by atoms with Gasteiger partial charge in [-0.15, -0.1) is 0 Å². The Labute approximate surface area is 191 Å². The molecule has 0 aliphatic carbocycles. The van der Waals surface area contributed by atoms with Crippen LogP contribution in [0.5, 0.6) is 0 Å². The van der Waals surface area contributed by atoms with Crippen LogP contribution in [0.15, 0.2) is 90.3 Å². The quantitative estimate of drug-likeness (QED) is 0.391. The van der Waals surface area contributed by atoms with Gasteiger partial charge in [0.2, 0.25) is 15.9 Å². The second-order valence-corrected chi connectivity index (χ2v) is 9.98. The van der Waals surface area contributed by atoms with Crippen molar-refractivity contribution in [2.75, 3.05) is 18.5 Å². The van der Waals surface area contributed by atoms with Crippen molar-refractivity contribution < 1.29 is 13.2 Å². The van der Waals surface area contributed by atoms with Crippen LogP contribution in [0.25, 0.3) is 16.3 Å². The molecular formula is C24H21N3O3S2. The van der Waals surface area contributed by atoms with Gasteiger partial charge in [-0.1, -0.05) is 72.0 Å². The molecule has 0 aliphatic rings. The maximum absolute atomic E-state index is 13.3. The third kappa shape index (κ3) is 4.94. The van der Waals surface area contributed by atoms with Crippen molar-refractivity contribution in [2.24, 2.45) is 0 Å². The summed E-state index contributed by atoms with van der Waals surface area (Å²) < 4.78 is 27.4. The monoisotopic (exact) mass is 463 g/mol. The first kappa shape index (κ1) is 21.9. The molecule has 8 heteroatoms. The summed E-state index contributed by atoms with van der Waals surface area (Å²) in [6.07, 6.45) is 1.51. The molecule has 1 heterocycles. The van der Waals surface area contributed by atoms with E-state index in [1.165, 1.54) is 29.4 Å². The number of carbonyl (C=O) groups is 1. The van der Waals surface area contributed by atoms with Gasteiger partial charge in [0, 0.05) is 12.5 Å². The van der Waals surface area contributed by atoms with Crippen molar-refractivity contribution in [1.82, 2.24) is 9.29 Å². The third-order valence-corrected chi connectivity index (χ3v) is 7.26. The summed E-state index contributed by atoms with van der Waals surface area (Å²) in [7, 11) is -2.39. The van der Waals surface area contributed by atoms with Crippen LogP contribution >= 0.6 is 11.3 Å². The molecule has 0 fully saturated rings. The first-order chi connectivity index (χ1) is 15.4. The number of carbonyl (C=O) groups excluding carboxylic acids is 1. The van der Waals surface area contributed by atoms with Gasteiger partial charge >= 0.3 is 0 Å². The number of fused-ring (bicyclic) bond motifs is 1. The maximum Gasteiger partial charge on any atom is 0.248 e. The number of benzene rings is 3. The SMILES string of the molecule is CN(CC(=O)N(c1ccccc1)c1nc2ccccc2s1)S(=O)(=O)/C=C/c1ccccc1. The number of para-hydroxylation sites is 2. The predicted octanol–water partition coefficient (Wildman–Crippen LogP) is 4.89. The van der Waals surface area contributed by atoms with Gasteiger partial charge in [0.05, 0.1) is 22.4 Å². The highest BCUT2D eigenvalue weighted by Gasteiger charge is 2.26. The Morgan fingerprint density at radius 3 is 2.25 bits per heavy atom. The Kier molecular flexibility index (Phi) is 6.45. The Balaban J connectivity index is 1.60. The molecule has 0 bridgehead atoms. The molecule has 0 unspecified atom stereocenters. The average Bonchev–Trinajstić information content (AvgIpc) is 3.23. The number of rotatable bonds is 7. The lowest BCUT2D eigenvalue weighted by atomic mass is 10.2. The molecule has 4 aromatic rings. The van der Waals surface area contributed by atoms with Crippen LogP contribution in [-0.4, -0.2) is 37.2 Å². The molecular weight excluding hydrogens is 442 g/mol. The van der Waals surface area contributed by atoms with Crippen molar-refractivity contribution in [3.05, 3.63) is 95.9 Å². The summed E-state index contributed by atoms with van der Waals surface area (Å²) in [6, 6.07) is 25.9. The minimum absolute atomic E-state index is 0.327. The number of amides is 1. The van der Waals surface area contributed by atoms with E-state index in [0.29, 0.717) is 10.8 Å². The molecule has 6 nitrogen and oxygen atoms in total. The zero-order valence-corrected chi connectivity index (χ0v) is 19.0. The number of sulfonamides is 1. The van der Waals surface area contributed by atoms with E-state index in [0.717, 1.165) is 25.5 Å². The molecule has 162 valence electrons. The molecule has 0 N–H and O–H groups in total. The summed E-state index contributed by atoms with van der Waals surface area (Å²) in [6.45, 7) is -0.327. The number of nitrogens with zero attached hydrogens (tertiary/aromatic N) is 3. The molecule has 4 rings (SSSR count). The van der Waals surface area contributed by atoms with Gasteiger partial charge in [-0.25, -0.2) is 13.4 Å². The summed E-state index contributed by atoms with van der Waals surface area (Å²) in [5, 5.41) is 1.60. The Morgan fingerprint density at radius 1 is 0.938 bits per heavy atom. The van der Waals surface area contributed by atoms with E-state index >= 15 is 0 Å². The fourth-order valence-corrected chi connectivity index (χ4v) is 4.91. The molecule has 3 aromatic carbocycles.